The minimum absolute atomic E-state index is 0.169. The molecule has 0 spiro atoms. The first kappa shape index (κ1) is 13.6. The number of hydrogen-bond donors (Lipinski definition) is 1. The number of rotatable bonds is 4. The lowest BCUT2D eigenvalue weighted by molar-refractivity contribution is -0.385. The number of nitro benzene ring substituents is 1. The van der Waals surface area contributed by atoms with Crippen LogP contribution in [0.4, 0.5) is 11.4 Å². The smallest absolute Gasteiger partial charge is 0.272 e. The zero-order chi connectivity index (χ0) is 14.8. The molecule has 1 heterocycles. The molecule has 1 N–H and O–H groups in total. The molecule has 0 aliphatic carbocycles. The number of benzene rings is 2. The lowest BCUT2D eigenvalue weighted by atomic mass is 10.1. The molecule has 106 valence electrons. The summed E-state index contributed by atoms with van der Waals surface area (Å²) in [5.41, 5.74) is 2.77. The van der Waals surface area contributed by atoms with E-state index in [4.69, 9.17) is 0 Å². The molecular weight excluding hydrogens is 284 g/mol. The van der Waals surface area contributed by atoms with Crippen molar-refractivity contribution < 1.29 is 4.92 Å². The van der Waals surface area contributed by atoms with Crippen LogP contribution in [0, 0.1) is 17.0 Å². The second kappa shape index (κ2) is 5.54. The van der Waals surface area contributed by atoms with Gasteiger partial charge in [0.05, 0.1) is 4.92 Å². The molecule has 0 fully saturated rings. The van der Waals surface area contributed by atoms with Gasteiger partial charge in [-0.1, -0.05) is 12.1 Å². The highest BCUT2D eigenvalue weighted by atomic mass is 32.1. The van der Waals surface area contributed by atoms with Gasteiger partial charge in [-0.15, -0.1) is 11.3 Å². The fourth-order valence-electron chi connectivity index (χ4n) is 2.24. The molecule has 4 nitrogen and oxygen atoms in total. The lowest BCUT2D eigenvalue weighted by Gasteiger charge is -2.07. The van der Waals surface area contributed by atoms with Crippen molar-refractivity contribution in [3.8, 4) is 0 Å². The van der Waals surface area contributed by atoms with E-state index in [2.05, 4.69) is 28.9 Å². The Hall–Kier alpha value is -2.40. The average molecular weight is 298 g/mol. The van der Waals surface area contributed by atoms with Crippen molar-refractivity contribution in [3.05, 3.63) is 69.1 Å². The Balaban J connectivity index is 1.77. The summed E-state index contributed by atoms with van der Waals surface area (Å²) in [5, 5.41) is 17.5. The van der Waals surface area contributed by atoms with Crippen LogP contribution in [0.5, 0.6) is 0 Å². The lowest BCUT2D eigenvalue weighted by Crippen LogP contribution is -2.01. The van der Waals surface area contributed by atoms with E-state index in [0.29, 0.717) is 12.1 Å². The number of aryl methyl sites for hydroxylation is 1. The Kier molecular flexibility index (Phi) is 3.58. The summed E-state index contributed by atoms with van der Waals surface area (Å²) < 4.78 is 1.26. The van der Waals surface area contributed by atoms with E-state index in [0.717, 1.165) is 11.3 Å². The van der Waals surface area contributed by atoms with Crippen molar-refractivity contribution in [3.63, 3.8) is 0 Å². The predicted octanol–water partition coefficient (Wildman–Crippen LogP) is 4.73. The Morgan fingerprint density at radius 3 is 2.86 bits per heavy atom. The molecule has 0 amide bonds. The van der Waals surface area contributed by atoms with E-state index in [1.54, 1.807) is 30.4 Å². The molecule has 3 rings (SSSR count). The van der Waals surface area contributed by atoms with E-state index < -0.39 is 0 Å². The summed E-state index contributed by atoms with van der Waals surface area (Å²) in [6.07, 6.45) is 0. The second-order valence-electron chi connectivity index (χ2n) is 4.90. The number of nitrogens with zero attached hydrogens (tertiary/aromatic N) is 1. The van der Waals surface area contributed by atoms with E-state index in [-0.39, 0.29) is 10.6 Å². The summed E-state index contributed by atoms with van der Waals surface area (Å²) in [6.45, 7) is 2.32. The summed E-state index contributed by atoms with van der Waals surface area (Å²) in [6, 6.07) is 13.6. The second-order valence-corrected chi connectivity index (χ2v) is 5.85. The van der Waals surface area contributed by atoms with Gasteiger partial charge < -0.3 is 5.32 Å². The van der Waals surface area contributed by atoms with Gasteiger partial charge in [0, 0.05) is 28.6 Å². The highest BCUT2D eigenvalue weighted by Crippen LogP contribution is 2.25. The molecule has 0 saturated carbocycles. The van der Waals surface area contributed by atoms with Crippen LogP contribution in [0.2, 0.25) is 0 Å². The molecule has 0 unspecified atom stereocenters. The van der Waals surface area contributed by atoms with Crippen LogP contribution < -0.4 is 5.32 Å². The molecule has 3 aromatic rings. The van der Waals surface area contributed by atoms with E-state index in [1.807, 2.05) is 12.1 Å². The number of nitro groups is 1. The molecule has 0 aliphatic heterocycles. The molecule has 0 aliphatic rings. The van der Waals surface area contributed by atoms with E-state index in [9.17, 15) is 10.1 Å². The van der Waals surface area contributed by atoms with Crippen molar-refractivity contribution in [2.75, 3.05) is 5.32 Å². The Bertz CT molecular complexity index is 811. The SMILES string of the molecule is Cc1ccc(CNc2ccc3sccc3c2)cc1[N+](=O)[O-]. The van der Waals surface area contributed by atoms with Crippen LogP contribution in [0.1, 0.15) is 11.1 Å². The van der Waals surface area contributed by atoms with Gasteiger partial charge in [-0.3, -0.25) is 10.1 Å². The maximum absolute atomic E-state index is 11.0. The maximum atomic E-state index is 11.0. The van der Waals surface area contributed by atoms with Crippen LogP contribution in [-0.2, 0) is 6.54 Å². The molecule has 0 atom stereocenters. The third kappa shape index (κ3) is 2.87. The molecule has 0 saturated heterocycles. The Morgan fingerprint density at radius 2 is 2.05 bits per heavy atom. The fourth-order valence-corrected chi connectivity index (χ4v) is 3.01. The normalized spacial score (nSPS) is 10.7. The number of nitrogens with one attached hydrogen (secondary N) is 1. The van der Waals surface area contributed by atoms with Crippen molar-refractivity contribution in [1.29, 1.82) is 0 Å². The summed E-state index contributed by atoms with van der Waals surface area (Å²) in [5.74, 6) is 0. The monoisotopic (exact) mass is 298 g/mol. The number of thiophene rings is 1. The van der Waals surface area contributed by atoms with Crippen molar-refractivity contribution >= 4 is 32.8 Å². The molecule has 0 radical (unpaired) electrons. The molecule has 0 bridgehead atoms. The molecule has 1 aromatic heterocycles. The first-order valence-corrected chi connectivity index (χ1v) is 7.46. The number of hydrogen-bond acceptors (Lipinski definition) is 4. The molecule has 5 heteroatoms. The summed E-state index contributed by atoms with van der Waals surface area (Å²) in [7, 11) is 0. The van der Waals surface area contributed by atoms with Crippen molar-refractivity contribution in [2.24, 2.45) is 0 Å². The van der Waals surface area contributed by atoms with Crippen LogP contribution in [0.25, 0.3) is 10.1 Å². The number of fused-ring (bicyclic) bond motifs is 1. The van der Waals surface area contributed by atoms with Crippen LogP contribution in [0.3, 0.4) is 0 Å². The Morgan fingerprint density at radius 1 is 1.19 bits per heavy atom. The summed E-state index contributed by atoms with van der Waals surface area (Å²) in [4.78, 5) is 10.6. The van der Waals surface area contributed by atoms with Crippen LogP contribution >= 0.6 is 11.3 Å². The van der Waals surface area contributed by atoms with Gasteiger partial charge in [0.2, 0.25) is 0 Å². The zero-order valence-electron chi connectivity index (χ0n) is 11.5. The standard InChI is InChI=1S/C16H14N2O2S/c1-11-2-3-12(8-15(11)18(19)20)10-17-14-4-5-16-13(9-14)6-7-21-16/h2-9,17H,10H2,1H3. The van der Waals surface area contributed by atoms with Gasteiger partial charge in [-0.25, -0.2) is 0 Å². The van der Waals surface area contributed by atoms with E-state index in [1.165, 1.54) is 10.1 Å². The fraction of sp³-hybridized carbons (Fsp3) is 0.125. The van der Waals surface area contributed by atoms with Gasteiger partial charge in [0.1, 0.15) is 0 Å². The molecule has 2 aromatic carbocycles. The highest BCUT2D eigenvalue weighted by molar-refractivity contribution is 7.17. The van der Waals surface area contributed by atoms with Crippen molar-refractivity contribution in [2.45, 2.75) is 13.5 Å². The van der Waals surface area contributed by atoms with Crippen molar-refractivity contribution in [1.82, 2.24) is 0 Å². The van der Waals surface area contributed by atoms with Crippen LogP contribution in [0.15, 0.2) is 47.8 Å². The predicted molar refractivity (Wildman–Crippen MR) is 87.0 cm³/mol. The minimum Gasteiger partial charge on any atom is -0.381 e. The molecule has 21 heavy (non-hydrogen) atoms. The zero-order valence-corrected chi connectivity index (χ0v) is 12.3. The maximum Gasteiger partial charge on any atom is 0.272 e. The first-order chi connectivity index (χ1) is 10.1. The van der Waals surface area contributed by atoms with Gasteiger partial charge in [0.15, 0.2) is 0 Å². The van der Waals surface area contributed by atoms with E-state index >= 15 is 0 Å². The van der Waals surface area contributed by atoms with Gasteiger partial charge in [-0.05, 0) is 47.5 Å². The minimum atomic E-state index is -0.337. The summed E-state index contributed by atoms with van der Waals surface area (Å²) >= 11 is 1.71. The topological polar surface area (TPSA) is 55.2 Å². The average Bonchev–Trinajstić information content (AvgIpc) is 2.93. The Labute approximate surface area is 126 Å². The highest BCUT2D eigenvalue weighted by Gasteiger charge is 2.10. The molecular formula is C16H14N2O2S. The van der Waals surface area contributed by atoms with Crippen LogP contribution in [-0.4, -0.2) is 4.92 Å². The third-order valence-electron chi connectivity index (χ3n) is 3.42. The quantitative estimate of drug-likeness (QED) is 0.559. The van der Waals surface area contributed by atoms with Gasteiger partial charge >= 0.3 is 0 Å². The largest absolute Gasteiger partial charge is 0.381 e. The number of anilines is 1. The first-order valence-electron chi connectivity index (χ1n) is 6.58. The van der Waals surface area contributed by atoms with Gasteiger partial charge in [-0.2, -0.15) is 0 Å². The third-order valence-corrected chi connectivity index (χ3v) is 4.32. The van der Waals surface area contributed by atoms with Gasteiger partial charge in [0.25, 0.3) is 5.69 Å².